The molecule has 0 unspecified atom stereocenters. The summed E-state index contributed by atoms with van der Waals surface area (Å²) in [5.41, 5.74) is 2.87. The van der Waals surface area contributed by atoms with Crippen LogP contribution in [-0.4, -0.2) is 31.3 Å². The topological polar surface area (TPSA) is 58.1 Å². The summed E-state index contributed by atoms with van der Waals surface area (Å²) in [5, 5.41) is 11.0. The van der Waals surface area contributed by atoms with Crippen LogP contribution in [0.4, 0.5) is 10.1 Å². The molecule has 2 N–H and O–H groups in total. The fourth-order valence-corrected chi connectivity index (χ4v) is 3.92. The Kier molecular flexibility index (Phi) is 5.05. The molecule has 0 bridgehead atoms. The number of quaternary nitrogens is 1. The van der Waals surface area contributed by atoms with Gasteiger partial charge in [-0.1, -0.05) is 6.92 Å². The van der Waals surface area contributed by atoms with Gasteiger partial charge in [-0.25, -0.2) is 9.18 Å². The zero-order chi connectivity index (χ0) is 19.7. The minimum Gasteiger partial charge on any atom is -0.508 e. The van der Waals surface area contributed by atoms with Crippen molar-refractivity contribution >= 4 is 16.7 Å². The number of nitrogens with zero attached hydrogens (tertiary/aromatic N) is 1. The third-order valence-corrected chi connectivity index (χ3v) is 5.51. The fourth-order valence-electron chi connectivity index (χ4n) is 3.92. The van der Waals surface area contributed by atoms with Gasteiger partial charge < -0.3 is 19.3 Å². The van der Waals surface area contributed by atoms with Gasteiger partial charge in [-0.2, -0.15) is 0 Å². The molecule has 0 spiro atoms. The number of phenolic OH excluding ortho intramolecular Hbond substituents is 1. The first-order chi connectivity index (χ1) is 13.5. The summed E-state index contributed by atoms with van der Waals surface area (Å²) in [6, 6.07) is 11.6. The molecule has 2 heterocycles. The summed E-state index contributed by atoms with van der Waals surface area (Å²) in [6.45, 7) is 6.32. The Hall–Kier alpha value is -2.86. The molecule has 6 heteroatoms. The largest absolute Gasteiger partial charge is 0.508 e. The first-order valence-corrected chi connectivity index (χ1v) is 9.66. The van der Waals surface area contributed by atoms with Crippen LogP contribution in [0.2, 0.25) is 0 Å². The van der Waals surface area contributed by atoms with Gasteiger partial charge in [-0.15, -0.1) is 0 Å². The Morgan fingerprint density at radius 3 is 2.50 bits per heavy atom. The third-order valence-electron chi connectivity index (χ3n) is 5.51. The van der Waals surface area contributed by atoms with Gasteiger partial charge in [0.05, 0.1) is 26.2 Å². The Morgan fingerprint density at radius 2 is 1.82 bits per heavy atom. The van der Waals surface area contributed by atoms with Crippen molar-refractivity contribution in [2.75, 3.05) is 31.1 Å². The predicted molar refractivity (Wildman–Crippen MR) is 107 cm³/mol. The molecule has 28 heavy (non-hydrogen) atoms. The molecule has 2 aromatic carbocycles. The molecule has 1 aromatic heterocycles. The zero-order valence-corrected chi connectivity index (χ0v) is 15.9. The molecule has 4 rings (SSSR count). The summed E-state index contributed by atoms with van der Waals surface area (Å²) < 4.78 is 18.4. The number of aryl methyl sites for hydroxylation is 1. The first-order valence-electron chi connectivity index (χ1n) is 9.66. The predicted octanol–water partition coefficient (Wildman–Crippen LogP) is 2.11. The number of fused-ring (bicyclic) bond motifs is 1. The van der Waals surface area contributed by atoms with Gasteiger partial charge in [0.1, 0.15) is 23.7 Å². The van der Waals surface area contributed by atoms with E-state index in [9.17, 15) is 14.3 Å². The monoisotopic (exact) mass is 383 g/mol. The lowest BCUT2D eigenvalue weighted by Gasteiger charge is -2.33. The van der Waals surface area contributed by atoms with Crippen LogP contribution in [0.25, 0.3) is 11.0 Å². The Morgan fingerprint density at radius 1 is 1.11 bits per heavy atom. The van der Waals surface area contributed by atoms with Gasteiger partial charge in [0.2, 0.25) is 0 Å². The molecule has 1 fully saturated rings. The number of halogens is 1. The molecule has 0 amide bonds. The van der Waals surface area contributed by atoms with Crippen LogP contribution in [-0.2, 0) is 13.0 Å². The molecular weight excluding hydrogens is 359 g/mol. The molecule has 146 valence electrons. The molecule has 1 aliphatic heterocycles. The molecule has 0 saturated carbocycles. The molecule has 0 radical (unpaired) electrons. The lowest BCUT2D eigenvalue weighted by Crippen LogP contribution is -3.13. The second-order valence-corrected chi connectivity index (χ2v) is 7.31. The molecule has 3 aromatic rings. The standard InChI is InChI=1S/C22H23FN2O3/c1-2-15-11-19-16(12-22(27)28-21(19)13-20(15)26)14-24-7-9-25(10-8-24)18-5-3-17(23)4-6-18/h3-6,11-13,26H,2,7-10,14H2,1H3/p+1. The lowest BCUT2D eigenvalue weighted by molar-refractivity contribution is -0.914. The number of benzene rings is 2. The van der Waals surface area contributed by atoms with Gasteiger partial charge in [0.15, 0.2) is 0 Å². The van der Waals surface area contributed by atoms with Crippen molar-refractivity contribution in [1.29, 1.82) is 0 Å². The van der Waals surface area contributed by atoms with Crippen LogP contribution in [0.15, 0.2) is 51.7 Å². The number of hydrogen-bond acceptors (Lipinski definition) is 4. The summed E-state index contributed by atoms with van der Waals surface area (Å²) >= 11 is 0. The van der Waals surface area contributed by atoms with E-state index in [0.29, 0.717) is 12.0 Å². The Bertz CT molecular complexity index is 1040. The van der Waals surface area contributed by atoms with Gasteiger partial charge in [0, 0.05) is 28.8 Å². The SMILES string of the molecule is CCc1cc2c(C[NH+]3CCN(c4ccc(F)cc4)CC3)cc(=O)oc2cc1O. The highest BCUT2D eigenvalue weighted by atomic mass is 19.1. The highest BCUT2D eigenvalue weighted by Crippen LogP contribution is 2.26. The van der Waals surface area contributed by atoms with Crippen molar-refractivity contribution in [3.8, 4) is 5.75 Å². The van der Waals surface area contributed by atoms with Crippen LogP contribution in [0.1, 0.15) is 18.1 Å². The number of phenols is 1. The molecular formula is C22H24FN2O3+. The average molecular weight is 383 g/mol. The van der Waals surface area contributed by atoms with Crippen molar-refractivity contribution in [1.82, 2.24) is 0 Å². The molecule has 1 aliphatic rings. The van der Waals surface area contributed by atoms with E-state index in [1.807, 2.05) is 25.1 Å². The van der Waals surface area contributed by atoms with Gasteiger partial charge in [0.25, 0.3) is 0 Å². The number of rotatable bonds is 4. The number of aromatic hydroxyl groups is 1. The Labute approximate surface area is 162 Å². The molecule has 0 atom stereocenters. The smallest absolute Gasteiger partial charge is 0.336 e. The summed E-state index contributed by atoms with van der Waals surface area (Å²) in [6.07, 6.45) is 0.712. The van der Waals surface area contributed by atoms with Crippen LogP contribution in [0.3, 0.4) is 0 Å². The van der Waals surface area contributed by atoms with Crippen molar-refractivity contribution in [2.24, 2.45) is 0 Å². The molecule has 1 saturated heterocycles. The van der Waals surface area contributed by atoms with Gasteiger partial charge in [-0.3, -0.25) is 0 Å². The quantitative estimate of drug-likeness (QED) is 0.678. The number of anilines is 1. The zero-order valence-electron chi connectivity index (χ0n) is 15.9. The maximum atomic E-state index is 13.1. The minimum atomic E-state index is -0.393. The van der Waals surface area contributed by atoms with E-state index in [1.165, 1.54) is 17.0 Å². The first kappa shape index (κ1) is 18.5. The second-order valence-electron chi connectivity index (χ2n) is 7.31. The van der Waals surface area contributed by atoms with E-state index < -0.39 is 5.63 Å². The van der Waals surface area contributed by atoms with E-state index in [-0.39, 0.29) is 11.6 Å². The van der Waals surface area contributed by atoms with Crippen molar-refractivity contribution < 1.29 is 18.8 Å². The van der Waals surface area contributed by atoms with Crippen LogP contribution < -0.4 is 15.4 Å². The normalized spacial score (nSPS) is 15.3. The van der Waals surface area contributed by atoms with E-state index in [0.717, 1.165) is 54.9 Å². The highest BCUT2D eigenvalue weighted by molar-refractivity contribution is 5.82. The van der Waals surface area contributed by atoms with Crippen molar-refractivity contribution in [3.63, 3.8) is 0 Å². The average Bonchev–Trinajstić information content (AvgIpc) is 2.68. The van der Waals surface area contributed by atoms with Crippen LogP contribution in [0, 0.1) is 5.82 Å². The van der Waals surface area contributed by atoms with Crippen LogP contribution in [0.5, 0.6) is 5.75 Å². The fraction of sp³-hybridized carbons (Fsp3) is 0.318. The highest BCUT2D eigenvalue weighted by Gasteiger charge is 2.22. The maximum absolute atomic E-state index is 13.1. The summed E-state index contributed by atoms with van der Waals surface area (Å²) in [4.78, 5) is 15.6. The molecule has 0 aliphatic carbocycles. The summed E-state index contributed by atoms with van der Waals surface area (Å²) in [5.74, 6) is -0.0594. The number of hydrogen-bond donors (Lipinski definition) is 2. The number of piperazine rings is 1. The van der Waals surface area contributed by atoms with E-state index >= 15 is 0 Å². The maximum Gasteiger partial charge on any atom is 0.336 e. The number of nitrogens with one attached hydrogen (secondary N) is 1. The van der Waals surface area contributed by atoms with E-state index in [2.05, 4.69) is 4.90 Å². The second kappa shape index (κ2) is 7.64. The van der Waals surface area contributed by atoms with Crippen molar-refractivity contribution in [3.05, 3.63) is 69.8 Å². The van der Waals surface area contributed by atoms with Gasteiger partial charge >= 0.3 is 5.63 Å². The third kappa shape index (κ3) is 3.73. The van der Waals surface area contributed by atoms with E-state index in [4.69, 9.17) is 4.42 Å². The lowest BCUT2D eigenvalue weighted by atomic mass is 10.0. The Balaban J connectivity index is 1.52. The minimum absolute atomic E-state index is 0.163. The van der Waals surface area contributed by atoms with Crippen LogP contribution >= 0.6 is 0 Å². The molecule has 5 nitrogen and oxygen atoms in total. The summed E-state index contributed by atoms with van der Waals surface area (Å²) in [7, 11) is 0. The van der Waals surface area contributed by atoms with Gasteiger partial charge in [-0.05, 0) is 42.3 Å². The van der Waals surface area contributed by atoms with Crippen molar-refractivity contribution in [2.45, 2.75) is 19.9 Å². The van der Waals surface area contributed by atoms with E-state index in [1.54, 1.807) is 12.1 Å².